The summed E-state index contributed by atoms with van der Waals surface area (Å²) in [5, 5.41) is 2.26. The number of para-hydroxylation sites is 1. The van der Waals surface area contributed by atoms with E-state index in [4.69, 9.17) is 4.74 Å². The molecule has 0 fully saturated rings. The Labute approximate surface area is 259 Å². The second-order valence-electron chi connectivity index (χ2n) is 10.4. The van der Waals surface area contributed by atoms with Gasteiger partial charge in [-0.25, -0.2) is 4.98 Å². The summed E-state index contributed by atoms with van der Waals surface area (Å²) in [6, 6.07) is 40.2. The summed E-state index contributed by atoms with van der Waals surface area (Å²) in [7, 11) is 4.19. The Kier molecular flexibility index (Phi) is 6.55. The van der Waals surface area contributed by atoms with E-state index in [0.717, 1.165) is 39.0 Å². The second-order valence-corrected chi connectivity index (χ2v) is 10.4. The molecule has 42 heavy (non-hydrogen) atoms. The summed E-state index contributed by atoms with van der Waals surface area (Å²) >= 11 is 0. The van der Waals surface area contributed by atoms with Crippen molar-refractivity contribution in [2.24, 2.45) is 0 Å². The Morgan fingerprint density at radius 1 is 0.786 bits per heavy atom. The van der Waals surface area contributed by atoms with Crippen molar-refractivity contribution >= 4 is 45.5 Å². The SMILES string of the molecule is CN1C=C2B(c3ccccc3)N(C)c3ccc(Oc4[c-]c5c(cc4)c4ccccc4n5-c4ccccn4)[c-]c3N2[CH-]1.[Pt]. The molecule has 0 unspecified atom stereocenters. The van der Waals surface area contributed by atoms with Crippen molar-refractivity contribution in [2.75, 3.05) is 23.8 Å². The van der Waals surface area contributed by atoms with Gasteiger partial charge in [-0.05, 0) is 49.5 Å². The minimum Gasteiger partial charge on any atom is -0.511 e. The number of anilines is 2. The molecule has 6 aromatic rings. The Balaban J connectivity index is 0.00000288. The average molecular weight is 725 g/mol. The van der Waals surface area contributed by atoms with Crippen molar-refractivity contribution in [3.05, 3.63) is 134 Å². The van der Waals surface area contributed by atoms with Gasteiger partial charge in [0.1, 0.15) is 5.82 Å². The summed E-state index contributed by atoms with van der Waals surface area (Å²) in [6.07, 6.45) is 3.99. The molecule has 0 aliphatic carbocycles. The first-order valence-corrected chi connectivity index (χ1v) is 13.6. The largest absolute Gasteiger partial charge is 0.511 e. The number of nitrogens with zero attached hydrogens (tertiary/aromatic N) is 5. The Morgan fingerprint density at radius 3 is 2.38 bits per heavy atom. The summed E-state index contributed by atoms with van der Waals surface area (Å²) in [4.78, 5) is 11.2. The van der Waals surface area contributed by atoms with Gasteiger partial charge in [0.05, 0.1) is 0 Å². The molecule has 0 N–H and O–H groups in total. The molecule has 2 aromatic heterocycles. The third kappa shape index (κ3) is 4.19. The van der Waals surface area contributed by atoms with Crippen molar-refractivity contribution in [3.63, 3.8) is 0 Å². The van der Waals surface area contributed by atoms with Crippen LogP contribution in [0.3, 0.4) is 0 Å². The fraction of sp³-hybridized carbons (Fsp3) is 0.0588. The first-order valence-electron chi connectivity index (χ1n) is 13.6. The van der Waals surface area contributed by atoms with Gasteiger partial charge in [0.2, 0.25) is 0 Å². The number of hydrogen-bond donors (Lipinski definition) is 0. The molecule has 6 nitrogen and oxygen atoms in total. The Hall–Kier alpha value is -4.48. The molecular weight excluding hydrogens is 700 g/mol. The van der Waals surface area contributed by atoms with Crippen molar-refractivity contribution < 1.29 is 25.8 Å². The van der Waals surface area contributed by atoms with Crippen LogP contribution in [0.5, 0.6) is 11.5 Å². The zero-order valence-corrected chi connectivity index (χ0v) is 25.3. The maximum absolute atomic E-state index is 6.42. The van der Waals surface area contributed by atoms with Crippen LogP contribution in [-0.4, -0.2) is 35.4 Å². The topological polar surface area (TPSA) is 36.8 Å². The molecular formula is C34H25BN5OPt-3. The van der Waals surface area contributed by atoms with Crippen molar-refractivity contribution in [1.82, 2.24) is 14.5 Å². The standard InChI is InChI=1S/C34H25BN5O.Pt/c1-37-22-33-35(24-10-4-3-5-11-24)38(2)30-18-16-26(21-32(30)39(33)23-37)41-25-15-17-28-27-12-6-7-13-29(27)40(31(28)20-25)34-14-8-9-19-36-34;/h3-19,22-23H,1-2H3;/q-3;. The van der Waals surface area contributed by atoms with Crippen LogP contribution in [0.1, 0.15) is 0 Å². The summed E-state index contributed by atoms with van der Waals surface area (Å²) < 4.78 is 8.56. The van der Waals surface area contributed by atoms with E-state index >= 15 is 0 Å². The van der Waals surface area contributed by atoms with Gasteiger partial charge < -0.3 is 23.9 Å². The van der Waals surface area contributed by atoms with E-state index in [2.05, 4.69) is 130 Å². The fourth-order valence-electron chi connectivity index (χ4n) is 6.07. The fourth-order valence-corrected chi connectivity index (χ4v) is 6.07. The van der Waals surface area contributed by atoms with Gasteiger partial charge >= 0.3 is 6.85 Å². The first kappa shape index (κ1) is 26.4. The number of pyridine rings is 1. The zero-order chi connectivity index (χ0) is 27.5. The molecule has 0 radical (unpaired) electrons. The predicted octanol–water partition coefficient (Wildman–Crippen LogP) is 6.17. The summed E-state index contributed by atoms with van der Waals surface area (Å²) in [5.74, 6) is 2.10. The molecule has 2 aliphatic rings. The molecule has 2 aliphatic heterocycles. The molecule has 8 rings (SSSR count). The van der Waals surface area contributed by atoms with Crippen LogP contribution < -0.4 is 19.9 Å². The van der Waals surface area contributed by atoms with Crippen LogP contribution in [0.25, 0.3) is 27.6 Å². The van der Waals surface area contributed by atoms with Crippen molar-refractivity contribution in [1.29, 1.82) is 0 Å². The minimum absolute atomic E-state index is 0. The monoisotopic (exact) mass is 725 g/mol. The minimum atomic E-state index is 0. The number of ether oxygens (including phenoxy) is 1. The molecule has 0 saturated carbocycles. The van der Waals surface area contributed by atoms with Crippen LogP contribution in [0, 0.1) is 18.8 Å². The van der Waals surface area contributed by atoms with Gasteiger partial charge in [-0.2, -0.15) is 12.7 Å². The van der Waals surface area contributed by atoms with Gasteiger partial charge in [-0.3, -0.25) is 0 Å². The predicted molar refractivity (Wildman–Crippen MR) is 166 cm³/mol. The number of hydrogen-bond acceptors (Lipinski definition) is 5. The van der Waals surface area contributed by atoms with Crippen LogP contribution in [0.2, 0.25) is 0 Å². The number of fused-ring (bicyclic) bond motifs is 6. The summed E-state index contributed by atoms with van der Waals surface area (Å²) in [6.45, 7) is 2.19. The molecule has 4 heterocycles. The molecule has 0 bridgehead atoms. The molecule has 4 aromatic carbocycles. The van der Waals surface area contributed by atoms with Crippen LogP contribution in [-0.2, 0) is 21.1 Å². The van der Waals surface area contributed by atoms with Crippen molar-refractivity contribution in [2.45, 2.75) is 0 Å². The molecule has 0 spiro atoms. The van der Waals surface area contributed by atoms with Crippen molar-refractivity contribution in [3.8, 4) is 17.3 Å². The molecule has 0 amide bonds. The molecule has 208 valence electrons. The third-order valence-electron chi connectivity index (χ3n) is 7.85. The molecule has 8 heteroatoms. The second kappa shape index (κ2) is 10.4. The van der Waals surface area contributed by atoms with E-state index < -0.39 is 0 Å². The van der Waals surface area contributed by atoms with Gasteiger partial charge in [-0.15, -0.1) is 35.7 Å². The Morgan fingerprint density at radius 2 is 1.55 bits per heavy atom. The number of aromatic nitrogens is 2. The quantitative estimate of drug-likeness (QED) is 0.161. The normalized spacial score (nSPS) is 14.1. The molecule has 0 saturated heterocycles. The molecule has 0 atom stereocenters. The smallest absolute Gasteiger partial charge is 0.327 e. The number of benzene rings is 4. The van der Waals surface area contributed by atoms with Crippen LogP contribution in [0.4, 0.5) is 11.4 Å². The summed E-state index contributed by atoms with van der Waals surface area (Å²) in [5.41, 5.74) is 6.47. The van der Waals surface area contributed by atoms with E-state index in [1.54, 1.807) is 0 Å². The maximum atomic E-state index is 6.42. The van der Waals surface area contributed by atoms with E-state index in [0.29, 0.717) is 11.5 Å². The van der Waals surface area contributed by atoms with E-state index in [9.17, 15) is 0 Å². The Bertz CT molecular complexity index is 1960. The van der Waals surface area contributed by atoms with Gasteiger partial charge in [0.15, 0.2) is 0 Å². The van der Waals surface area contributed by atoms with E-state index in [1.807, 2.05) is 36.5 Å². The van der Waals surface area contributed by atoms with Crippen LogP contribution >= 0.6 is 0 Å². The average Bonchev–Trinajstić information content (AvgIpc) is 3.55. The van der Waals surface area contributed by atoms with E-state index in [1.165, 1.54) is 11.1 Å². The number of rotatable bonds is 4. The van der Waals surface area contributed by atoms with Gasteiger partial charge in [0.25, 0.3) is 0 Å². The first-order chi connectivity index (χ1) is 20.2. The van der Waals surface area contributed by atoms with Gasteiger partial charge in [-0.1, -0.05) is 77.0 Å². The maximum Gasteiger partial charge on any atom is 0.327 e. The third-order valence-corrected chi connectivity index (χ3v) is 7.85. The van der Waals surface area contributed by atoms with Gasteiger partial charge in [0, 0.05) is 44.3 Å². The van der Waals surface area contributed by atoms with E-state index in [-0.39, 0.29) is 27.9 Å². The zero-order valence-electron chi connectivity index (χ0n) is 23.0. The van der Waals surface area contributed by atoms with Crippen LogP contribution in [0.15, 0.2) is 115 Å².